The predicted octanol–water partition coefficient (Wildman–Crippen LogP) is 8.26. The summed E-state index contributed by atoms with van der Waals surface area (Å²) in [6.45, 7) is 0. The van der Waals surface area contributed by atoms with Crippen LogP contribution in [0.25, 0.3) is 0 Å². The molecule has 8 rings (SSSR count). The molecule has 208 valence electrons. The van der Waals surface area contributed by atoms with Gasteiger partial charge in [-0.1, -0.05) is 97.1 Å². The number of fused-ring (bicyclic) bond motifs is 4. The summed E-state index contributed by atoms with van der Waals surface area (Å²) in [6.07, 6.45) is 0. The molecule has 0 unspecified atom stereocenters. The molecule has 2 N–H and O–H groups in total. The van der Waals surface area contributed by atoms with Crippen LogP contribution < -0.4 is 14.2 Å². The van der Waals surface area contributed by atoms with Gasteiger partial charge in [0.15, 0.2) is 0 Å². The molecule has 0 atom stereocenters. The summed E-state index contributed by atoms with van der Waals surface area (Å²) in [7, 11) is 0. The summed E-state index contributed by atoms with van der Waals surface area (Å²) in [5.74, 6) is 3.74. The average Bonchev–Trinajstić information content (AvgIpc) is 3.06. The third-order valence-electron chi connectivity index (χ3n) is 8.33. The van der Waals surface area contributed by atoms with E-state index in [0.29, 0.717) is 67.9 Å². The Bertz CT molecular complexity index is 1740. The number of hydrogen-bond donors (Lipinski definition) is 2. The summed E-state index contributed by atoms with van der Waals surface area (Å²) in [5, 5.41) is 24.4. The monoisotopic (exact) mass is 562 g/mol. The summed E-state index contributed by atoms with van der Waals surface area (Å²) >= 11 is 0. The lowest BCUT2D eigenvalue weighted by Crippen LogP contribution is -2.32. The Morgan fingerprint density at radius 2 is 0.651 bits per heavy atom. The van der Waals surface area contributed by atoms with Crippen molar-refractivity contribution in [2.75, 3.05) is 0 Å². The highest BCUT2D eigenvalue weighted by Crippen LogP contribution is 2.51. The molecule has 6 aromatic carbocycles. The first-order valence-electron chi connectivity index (χ1n) is 14.1. The van der Waals surface area contributed by atoms with Crippen LogP contribution in [0, 0.1) is 0 Å². The Kier molecular flexibility index (Phi) is 5.66. The van der Waals surface area contributed by atoms with E-state index in [2.05, 4.69) is 0 Å². The van der Waals surface area contributed by atoms with Crippen molar-refractivity contribution in [3.63, 3.8) is 0 Å². The highest BCUT2D eigenvalue weighted by molar-refractivity contribution is 5.62. The highest BCUT2D eigenvalue weighted by atomic mass is 16.5. The van der Waals surface area contributed by atoms with E-state index in [1.165, 1.54) is 0 Å². The van der Waals surface area contributed by atoms with Crippen LogP contribution in [0.4, 0.5) is 0 Å². The lowest BCUT2D eigenvalue weighted by atomic mass is 9.78. The average molecular weight is 563 g/mol. The molecule has 0 bridgehead atoms. The highest BCUT2D eigenvalue weighted by Gasteiger charge is 2.43. The Labute approximate surface area is 248 Å². The molecule has 0 amide bonds. The van der Waals surface area contributed by atoms with Gasteiger partial charge in [0.05, 0.1) is 0 Å². The van der Waals surface area contributed by atoms with Crippen LogP contribution in [0.2, 0.25) is 0 Å². The molecule has 0 radical (unpaired) electrons. The fraction of sp³-hybridized carbons (Fsp3) is 0.0526. The van der Waals surface area contributed by atoms with Crippen molar-refractivity contribution in [2.24, 2.45) is 0 Å². The van der Waals surface area contributed by atoms with Gasteiger partial charge < -0.3 is 24.4 Å². The third kappa shape index (κ3) is 3.87. The second kappa shape index (κ2) is 9.60. The van der Waals surface area contributed by atoms with Crippen LogP contribution in [0.1, 0.15) is 33.4 Å². The van der Waals surface area contributed by atoms with Crippen LogP contribution in [-0.4, -0.2) is 10.2 Å². The first-order valence-corrected chi connectivity index (χ1v) is 14.1. The fourth-order valence-corrected chi connectivity index (χ4v) is 6.23. The maximum absolute atomic E-state index is 12.2. The van der Waals surface area contributed by atoms with E-state index in [1.54, 1.807) is 0 Å². The molecule has 0 aliphatic carbocycles. The SMILES string of the molecule is OC1(c2ccc(Oc3ccc(C4(O)c5ccccc5Oc5ccccc54)cc3)cc2)c2ccccc2Oc2ccccc21. The van der Waals surface area contributed by atoms with E-state index >= 15 is 0 Å². The lowest BCUT2D eigenvalue weighted by molar-refractivity contribution is 0.112. The van der Waals surface area contributed by atoms with Crippen molar-refractivity contribution in [1.82, 2.24) is 0 Å². The summed E-state index contributed by atoms with van der Waals surface area (Å²) in [6, 6.07) is 45.1. The summed E-state index contributed by atoms with van der Waals surface area (Å²) < 4.78 is 18.4. The number of ether oxygens (including phenoxy) is 3. The van der Waals surface area contributed by atoms with Gasteiger partial charge in [-0.25, -0.2) is 0 Å². The first-order chi connectivity index (χ1) is 21.0. The van der Waals surface area contributed by atoms with E-state index in [0.717, 1.165) is 0 Å². The quantitative estimate of drug-likeness (QED) is 0.226. The lowest BCUT2D eigenvalue weighted by Gasteiger charge is -2.36. The third-order valence-corrected chi connectivity index (χ3v) is 8.33. The zero-order chi connectivity index (χ0) is 29.0. The Morgan fingerprint density at radius 3 is 0.953 bits per heavy atom. The van der Waals surface area contributed by atoms with Gasteiger partial charge in [0.1, 0.15) is 45.7 Å². The molecule has 2 aliphatic heterocycles. The summed E-state index contributed by atoms with van der Waals surface area (Å²) in [5.41, 5.74) is 1.41. The molecule has 5 nitrogen and oxygen atoms in total. The van der Waals surface area contributed by atoms with E-state index < -0.39 is 11.2 Å². The summed E-state index contributed by atoms with van der Waals surface area (Å²) in [4.78, 5) is 0. The molecule has 43 heavy (non-hydrogen) atoms. The molecule has 2 heterocycles. The molecule has 0 spiro atoms. The van der Waals surface area contributed by atoms with Gasteiger partial charge in [-0.15, -0.1) is 0 Å². The molecular formula is C38H26O5. The number of para-hydroxylation sites is 4. The maximum Gasteiger partial charge on any atom is 0.147 e. The predicted molar refractivity (Wildman–Crippen MR) is 163 cm³/mol. The molecule has 0 saturated carbocycles. The Hall–Kier alpha value is -5.36. The van der Waals surface area contributed by atoms with Gasteiger partial charge in [-0.05, 0) is 59.7 Å². The molecule has 6 aromatic rings. The van der Waals surface area contributed by atoms with Gasteiger partial charge in [-0.2, -0.15) is 0 Å². The fourth-order valence-electron chi connectivity index (χ4n) is 6.23. The van der Waals surface area contributed by atoms with E-state index in [-0.39, 0.29) is 0 Å². The van der Waals surface area contributed by atoms with Gasteiger partial charge in [0.25, 0.3) is 0 Å². The molecule has 2 aliphatic rings. The Balaban J connectivity index is 1.10. The number of hydrogen-bond acceptors (Lipinski definition) is 5. The number of rotatable bonds is 4. The topological polar surface area (TPSA) is 68.2 Å². The standard InChI is InChI=1S/C38H26O5/c39-37(29-9-1-5-13-33(29)42-34-14-6-2-10-30(34)37)25-17-21-27(22-18-25)41-28-23-19-26(20-24-28)38(40)31-11-3-7-15-35(31)43-36-16-8-4-12-32(36)38/h1-24,39-40H. The van der Waals surface area contributed by atoms with Crippen LogP contribution in [0.3, 0.4) is 0 Å². The Morgan fingerprint density at radius 1 is 0.372 bits per heavy atom. The number of aliphatic hydroxyl groups is 2. The molecular weight excluding hydrogens is 536 g/mol. The van der Waals surface area contributed by atoms with E-state index in [4.69, 9.17) is 14.2 Å². The zero-order valence-corrected chi connectivity index (χ0v) is 23.0. The minimum atomic E-state index is -1.38. The normalized spacial score (nSPS) is 15.0. The second-order valence-corrected chi connectivity index (χ2v) is 10.8. The van der Waals surface area contributed by atoms with Crippen LogP contribution in [0.5, 0.6) is 34.5 Å². The van der Waals surface area contributed by atoms with Gasteiger partial charge in [0.2, 0.25) is 0 Å². The number of benzene rings is 6. The van der Waals surface area contributed by atoms with Crippen molar-refractivity contribution in [3.8, 4) is 34.5 Å². The van der Waals surface area contributed by atoms with Crippen molar-refractivity contribution >= 4 is 0 Å². The van der Waals surface area contributed by atoms with Crippen LogP contribution in [-0.2, 0) is 11.2 Å². The van der Waals surface area contributed by atoms with Crippen molar-refractivity contribution in [1.29, 1.82) is 0 Å². The van der Waals surface area contributed by atoms with Gasteiger partial charge in [0, 0.05) is 22.3 Å². The molecule has 0 aromatic heterocycles. The largest absolute Gasteiger partial charge is 0.457 e. The van der Waals surface area contributed by atoms with Crippen LogP contribution >= 0.6 is 0 Å². The maximum atomic E-state index is 12.2. The van der Waals surface area contributed by atoms with Gasteiger partial charge in [-0.3, -0.25) is 0 Å². The van der Waals surface area contributed by atoms with Crippen molar-refractivity contribution in [2.45, 2.75) is 11.2 Å². The van der Waals surface area contributed by atoms with Gasteiger partial charge >= 0.3 is 0 Å². The molecule has 5 heteroatoms. The molecule has 0 saturated heterocycles. The minimum absolute atomic E-state index is 0.620. The zero-order valence-electron chi connectivity index (χ0n) is 23.0. The van der Waals surface area contributed by atoms with Crippen molar-refractivity contribution in [3.05, 3.63) is 179 Å². The smallest absolute Gasteiger partial charge is 0.147 e. The van der Waals surface area contributed by atoms with E-state index in [9.17, 15) is 10.2 Å². The van der Waals surface area contributed by atoms with Crippen molar-refractivity contribution < 1.29 is 24.4 Å². The van der Waals surface area contributed by atoms with Crippen LogP contribution in [0.15, 0.2) is 146 Å². The minimum Gasteiger partial charge on any atom is -0.457 e. The van der Waals surface area contributed by atoms with E-state index in [1.807, 2.05) is 146 Å². The second-order valence-electron chi connectivity index (χ2n) is 10.8. The first kappa shape index (κ1) is 25.4. The molecule has 0 fully saturated rings.